The van der Waals surface area contributed by atoms with Crippen molar-refractivity contribution in [1.29, 1.82) is 0 Å². The van der Waals surface area contributed by atoms with Crippen molar-refractivity contribution in [2.24, 2.45) is 0 Å². The van der Waals surface area contributed by atoms with Gasteiger partial charge in [-0.05, 0) is 51.4 Å². The van der Waals surface area contributed by atoms with Gasteiger partial charge in [-0.3, -0.25) is 9.35 Å². The van der Waals surface area contributed by atoms with E-state index < -0.39 is 59.8 Å². The Labute approximate surface area is 320 Å². The summed E-state index contributed by atoms with van der Waals surface area (Å²) in [6.07, 6.45) is 26.9. The van der Waals surface area contributed by atoms with Gasteiger partial charge in [0.25, 0.3) is 0 Å². The van der Waals surface area contributed by atoms with Crippen LogP contribution in [0.4, 0.5) is 0 Å². The third-order valence-corrected chi connectivity index (χ3v) is 9.48. The summed E-state index contributed by atoms with van der Waals surface area (Å²) >= 11 is 0. The fraction of sp³-hybridized carbons (Fsp3) is 0.825. The summed E-state index contributed by atoms with van der Waals surface area (Å²) in [6.45, 7) is 3.79. The SMILES string of the molecule is CCCCCCC/C=C\C/C=C\C/C=C\CCCCCCCCCOCC(COC1OC(CO)C(O)C(OS(=O)(=O)O)C1O)OC(=O)CCCCCC. The zero-order chi connectivity index (χ0) is 39.0. The van der Waals surface area contributed by atoms with Crippen LogP contribution in [0.3, 0.4) is 0 Å². The molecule has 6 atom stereocenters. The molecule has 0 aromatic carbocycles. The van der Waals surface area contributed by atoms with Gasteiger partial charge in [-0.25, -0.2) is 4.18 Å². The Morgan fingerprint density at radius 2 is 1.25 bits per heavy atom. The summed E-state index contributed by atoms with van der Waals surface area (Å²) in [6, 6.07) is 0. The molecule has 0 aromatic heterocycles. The number of esters is 1. The number of aliphatic hydroxyl groups is 3. The lowest BCUT2D eigenvalue weighted by Gasteiger charge is -2.41. The Balaban J connectivity index is 2.30. The summed E-state index contributed by atoms with van der Waals surface area (Å²) in [5.74, 6) is -0.422. The smallest absolute Gasteiger partial charge is 0.397 e. The van der Waals surface area contributed by atoms with E-state index in [9.17, 15) is 28.5 Å². The lowest BCUT2D eigenvalue weighted by molar-refractivity contribution is -0.301. The Morgan fingerprint density at radius 1 is 0.717 bits per heavy atom. The van der Waals surface area contributed by atoms with Crippen molar-refractivity contribution in [2.45, 2.75) is 185 Å². The molecule has 1 saturated heterocycles. The summed E-state index contributed by atoms with van der Waals surface area (Å²) in [5, 5.41) is 30.4. The maximum Gasteiger partial charge on any atom is 0.397 e. The number of hydrogen-bond acceptors (Lipinski definition) is 11. The molecule has 0 radical (unpaired) electrons. The number of carbonyl (C=O) groups excluding carboxylic acids is 1. The molecule has 1 fully saturated rings. The average molecular weight is 777 g/mol. The van der Waals surface area contributed by atoms with Crippen molar-refractivity contribution < 1.29 is 56.2 Å². The van der Waals surface area contributed by atoms with E-state index in [0.29, 0.717) is 13.0 Å². The Morgan fingerprint density at radius 3 is 1.81 bits per heavy atom. The predicted octanol–water partition coefficient (Wildman–Crippen LogP) is 7.46. The molecule has 0 aromatic rings. The molecular weight excluding hydrogens is 704 g/mol. The van der Waals surface area contributed by atoms with E-state index in [2.05, 4.69) is 54.5 Å². The minimum atomic E-state index is -5.05. The van der Waals surface area contributed by atoms with E-state index in [-0.39, 0.29) is 19.6 Å². The first-order chi connectivity index (χ1) is 25.6. The summed E-state index contributed by atoms with van der Waals surface area (Å²) in [4.78, 5) is 12.5. The zero-order valence-corrected chi connectivity index (χ0v) is 33.4. The van der Waals surface area contributed by atoms with Crippen molar-refractivity contribution in [1.82, 2.24) is 0 Å². The first-order valence-electron chi connectivity index (χ1n) is 20.2. The number of hydrogen-bond donors (Lipinski definition) is 4. The molecule has 0 saturated carbocycles. The van der Waals surface area contributed by atoms with E-state index in [0.717, 1.165) is 57.8 Å². The first-order valence-corrected chi connectivity index (χ1v) is 21.6. The van der Waals surface area contributed by atoms with Crippen molar-refractivity contribution in [2.75, 3.05) is 26.4 Å². The standard InChI is InChI=1S/C40H72O12S/c1-3-5-7-9-10-11-12-13-14-15-16-17-18-19-20-21-22-23-24-25-26-28-30-48-32-34(50-36(42)29-27-8-6-4-2)33-49-40-38(44)39(52-53(45,46)47)37(43)35(31-41)51-40/h12-13,15-16,18-19,34-35,37-41,43-44H,3-11,14,17,20-33H2,1-2H3,(H,45,46,47)/b13-12-,16-15-,19-18-. The fourth-order valence-electron chi connectivity index (χ4n) is 5.91. The molecule has 1 aliphatic heterocycles. The minimum absolute atomic E-state index is 0.0279. The number of aliphatic hydroxyl groups excluding tert-OH is 3. The number of ether oxygens (including phenoxy) is 4. The van der Waals surface area contributed by atoms with Gasteiger partial charge < -0.3 is 34.3 Å². The molecule has 310 valence electrons. The van der Waals surface area contributed by atoms with Crippen LogP contribution in [0.25, 0.3) is 0 Å². The third kappa shape index (κ3) is 26.7. The van der Waals surface area contributed by atoms with Crippen LogP contribution in [0.1, 0.15) is 149 Å². The molecule has 0 bridgehead atoms. The predicted molar refractivity (Wildman–Crippen MR) is 207 cm³/mol. The van der Waals surface area contributed by atoms with Crippen LogP contribution < -0.4 is 0 Å². The molecule has 12 nitrogen and oxygen atoms in total. The molecule has 4 N–H and O–H groups in total. The molecule has 0 amide bonds. The lowest BCUT2D eigenvalue weighted by atomic mass is 9.99. The quantitative estimate of drug-likeness (QED) is 0.0220. The molecular formula is C40H72O12S. The van der Waals surface area contributed by atoms with Gasteiger partial charge in [0.15, 0.2) is 6.29 Å². The van der Waals surface area contributed by atoms with Crippen molar-refractivity contribution in [3.05, 3.63) is 36.5 Å². The minimum Gasteiger partial charge on any atom is -0.457 e. The molecule has 1 heterocycles. The van der Waals surface area contributed by atoms with Crippen LogP contribution in [0, 0.1) is 0 Å². The summed E-state index contributed by atoms with van der Waals surface area (Å²) in [7, 11) is -5.05. The number of rotatable bonds is 34. The number of allylic oxidation sites excluding steroid dienone is 6. The third-order valence-electron chi connectivity index (χ3n) is 9.02. The van der Waals surface area contributed by atoms with Gasteiger partial charge in [0.05, 0.1) is 19.8 Å². The van der Waals surface area contributed by atoms with Crippen LogP contribution in [-0.4, -0.2) is 97.5 Å². The van der Waals surface area contributed by atoms with Gasteiger partial charge in [0.2, 0.25) is 0 Å². The van der Waals surface area contributed by atoms with E-state index >= 15 is 0 Å². The van der Waals surface area contributed by atoms with Crippen molar-refractivity contribution >= 4 is 16.4 Å². The molecule has 0 spiro atoms. The second kappa shape index (κ2) is 32.6. The fourth-order valence-corrected chi connectivity index (χ4v) is 6.42. The normalized spacial score (nSPS) is 21.7. The highest BCUT2D eigenvalue weighted by molar-refractivity contribution is 7.80. The summed E-state index contributed by atoms with van der Waals surface area (Å²) < 4.78 is 58.4. The van der Waals surface area contributed by atoms with Gasteiger partial charge in [0.1, 0.15) is 30.5 Å². The molecule has 1 aliphatic rings. The molecule has 6 unspecified atom stereocenters. The van der Waals surface area contributed by atoms with Gasteiger partial charge in [0, 0.05) is 13.0 Å². The molecule has 1 rings (SSSR count). The van der Waals surface area contributed by atoms with E-state index in [1.807, 2.05) is 0 Å². The van der Waals surface area contributed by atoms with E-state index in [1.165, 1.54) is 64.2 Å². The monoisotopic (exact) mass is 776 g/mol. The Bertz CT molecular complexity index is 1080. The molecule has 0 aliphatic carbocycles. The van der Waals surface area contributed by atoms with E-state index in [1.54, 1.807) is 0 Å². The Hall–Kier alpha value is -1.68. The Kier molecular flexibility index (Phi) is 30.3. The molecule has 53 heavy (non-hydrogen) atoms. The van der Waals surface area contributed by atoms with Gasteiger partial charge in [-0.1, -0.05) is 127 Å². The average Bonchev–Trinajstić information content (AvgIpc) is 3.12. The maximum absolute atomic E-state index is 12.5. The number of carbonyl (C=O) groups is 1. The highest BCUT2D eigenvalue weighted by Crippen LogP contribution is 2.26. The van der Waals surface area contributed by atoms with Crippen LogP contribution in [-0.2, 0) is 38.3 Å². The first kappa shape index (κ1) is 49.3. The van der Waals surface area contributed by atoms with Crippen molar-refractivity contribution in [3.63, 3.8) is 0 Å². The largest absolute Gasteiger partial charge is 0.457 e. The maximum atomic E-state index is 12.5. The second-order valence-corrected chi connectivity index (χ2v) is 14.9. The van der Waals surface area contributed by atoms with Crippen LogP contribution in [0.5, 0.6) is 0 Å². The van der Waals surface area contributed by atoms with Crippen LogP contribution in [0.2, 0.25) is 0 Å². The summed E-state index contributed by atoms with van der Waals surface area (Å²) in [5.41, 5.74) is 0. The van der Waals surface area contributed by atoms with E-state index in [4.69, 9.17) is 23.5 Å². The highest BCUT2D eigenvalue weighted by Gasteiger charge is 2.48. The van der Waals surface area contributed by atoms with Gasteiger partial charge in [-0.2, -0.15) is 8.42 Å². The lowest BCUT2D eigenvalue weighted by Crippen LogP contribution is -2.60. The van der Waals surface area contributed by atoms with Crippen LogP contribution >= 0.6 is 0 Å². The highest BCUT2D eigenvalue weighted by atomic mass is 32.3. The van der Waals surface area contributed by atoms with Gasteiger partial charge in [-0.15, -0.1) is 0 Å². The number of unbranched alkanes of at least 4 members (excludes halogenated alkanes) is 15. The topological polar surface area (TPSA) is 178 Å². The van der Waals surface area contributed by atoms with Crippen molar-refractivity contribution in [3.8, 4) is 0 Å². The van der Waals surface area contributed by atoms with Crippen LogP contribution in [0.15, 0.2) is 36.5 Å². The molecule has 13 heteroatoms. The second-order valence-electron chi connectivity index (χ2n) is 13.9. The zero-order valence-electron chi connectivity index (χ0n) is 32.6. The van der Waals surface area contributed by atoms with Gasteiger partial charge >= 0.3 is 16.4 Å².